The van der Waals surface area contributed by atoms with Crippen LogP contribution in [0.3, 0.4) is 0 Å². The molecule has 1 fully saturated rings. The van der Waals surface area contributed by atoms with Gasteiger partial charge >= 0.3 is 0 Å². The highest BCUT2D eigenvalue weighted by Gasteiger charge is 2.55. The molecule has 1 aliphatic carbocycles. The van der Waals surface area contributed by atoms with E-state index in [0.29, 0.717) is 41.9 Å². The van der Waals surface area contributed by atoms with Gasteiger partial charge in [-0.05, 0) is 67.0 Å². The lowest BCUT2D eigenvalue weighted by Gasteiger charge is -2.48. The number of aromatic hydroxyl groups is 1. The van der Waals surface area contributed by atoms with Gasteiger partial charge in [-0.15, -0.1) is 0 Å². The Hall–Kier alpha value is -5.43. The Morgan fingerprint density at radius 2 is 1.86 bits per heavy atom. The highest BCUT2D eigenvalue weighted by Crippen LogP contribution is 2.45. The smallest absolute Gasteiger partial charge is 0.229 e. The summed E-state index contributed by atoms with van der Waals surface area (Å²) in [5, 5.41) is 65.5. The molecule has 17 nitrogen and oxygen atoms in total. The molecule has 6 rings (SSSR count). The number of allylic oxidation sites excluding steroid dienone is 4. The number of aliphatic hydroxyl groups excluding tert-OH is 3. The fourth-order valence-corrected chi connectivity index (χ4v) is 7.71. The number of nitrogens with two attached hydrogens (primary N) is 3. The number of benzene rings is 2. The second-order valence-corrected chi connectivity index (χ2v) is 14.3. The second kappa shape index (κ2) is 17.0. The zero-order valence-corrected chi connectivity index (χ0v) is 32.0. The number of aliphatic hydroxyl groups is 4. The van der Waals surface area contributed by atoms with E-state index in [9.17, 15) is 35.1 Å². The Morgan fingerprint density at radius 3 is 2.51 bits per heavy atom. The van der Waals surface area contributed by atoms with Gasteiger partial charge < -0.3 is 72.9 Å². The van der Waals surface area contributed by atoms with E-state index in [0.717, 1.165) is 11.1 Å². The van der Waals surface area contributed by atoms with E-state index >= 15 is 0 Å². The molecule has 17 heteroatoms. The molecule has 2 aromatic rings. The van der Waals surface area contributed by atoms with Gasteiger partial charge in [0, 0.05) is 54.7 Å². The second-order valence-electron chi connectivity index (χ2n) is 14.3. The molecule has 4 aliphatic rings. The van der Waals surface area contributed by atoms with Crippen molar-refractivity contribution in [1.29, 1.82) is 0 Å². The zero-order chi connectivity index (χ0) is 41.2. The van der Waals surface area contributed by atoms with Gasteiger partial charge in [0.2, 0.25) is 12.1 Å². The van der Waals surface area contributed by atoms with Gasteiger partial charge in [-0.25, -0.2) is 0 Å². The summed E-state index contributed by atoms with van der Waals surface area (Å²) in [6.45, 7) is 1.46. The number of phenolic OH excluding ortho intramolecular Hbond substituents is 1. The molecule has 0 amide bonds. The van der Waals surface area contributed by atoms with Crippen molar-refractivity contribution in [2.45, 2.75) is 81.9 Å². The average molecular weight is 790 g/mol. The maximum atomic E-state index is 14.7. The summed E-state index contributed by atoms with van der Waals surface area (Å²) in [5.41, 5.74) is 18.0. The van der Waals surface area contributed by atoms with Crippen LogP contribution < -0.4 is 42.6 Å². The van der Waals surface area contributed by atoms with Crippen LogP contribution in [0.2, 0.25) is 0 Å². The molecule has 0 saturated carbocycles. The van der Waals surface area contributed by atoms with Gasteiger partial charge in [0.15, 0.2) is 11.7 Å². The molecule has 3 heterocycles. The van der Waals surface area contributed by atoms with Crippen LogP contribution in [0, 0.1) is 0 Å². The van der Waals surface area contributed by atoms with E-state index in [1.165, 1.54) is 20.2 Å². The van der Waals surface area contributed by atoms with Crippen LogP contribution in [0.1, 0.15) is 74.7 Å². The van der Waals surface area contributed by atoms with Crippen LogP contribution >= 0.6 is 0 Å². The van der Waals surface area contributed by atoms with Gasteiger partial charge in [-0.2, -0.15) is 0 Å². The maximum absolute atomic E-state index is 14.7. The predicted molar refractivity (Wildman–Crippen MR) is 209 cm³/mol. The number of rotatable bonds is 13. The molecule has 306 valence electrons. The molecular formula is C40H51N7O10. The summed E-state index contributed by atoms with van der Waals surface area (Å²) in [6.07, 6.45) is 3.00. The largest absolute Gasteiger partial charge is 0.507 e. The number of carbonyl (C=O) groups excluding carboxylic acids is 2. The number of nitrogens with one attached hydrogen (secondary N) is 3. The van der Waals surface area contributed by atoms with E-state index in [-0.39, 0.29) is 71.7 Å². The molecule has 0 spiro atoms. The Balaban J connectivity index is 1.38. The molecule has 0 bridgehead atoms. The molecule has 3 aliphatic heterocycles. The Bertz CT molecular complexity index is 2070. The molecule has 1 unspecified atom stereocenters. The van der Waals surface area contributed by atoms with E-state index < -0.39 is 54.1 Å². The van der Waals surface area contributed by atoms with Gasteiger partial charge in [-0.1, -0.05) is 19.1 Å². The third-order valence-electron chi connectivity index (χ3n) is 10.9. The van der Waals surface area contributed by atoms with E-state index in [1.54, 1.807) is 25.3 Å². The summed E-state index contributed by atoms with van der Waals surface area (Å²) >= 11 is 0. The summed E-state index contributed by atoms with van der Waals surface area (Å²) < 4.78 is 17.7. The van der Waals surface area contributed by atoms with Crippen molar-refractivity contribution in [1.82, 2.24) is 16.0 Å². The highest BCUT2D eigenvalue weighted by molar-refractivity contribution is 6.31. The topological polar surface area (TPSA) is 289 Å². The number of guanidine groups is 1. The minimum atomic E-state index is -2.12. The first-order chi connectivity index (χ1) is 27.3. The summed E-state index contributed by atoms with van der Waals surface area (Å²) in [5.74, 6) is -1.31. The summed E-state index contributed by atoms with van der Waals surface area (Å²) in [4.78, 5) is 33.3. The van der Waals surface area contributed by atoms with Gasteiger partial charge in [0.1, 0.15) is 41.2 Å². The van der Waals surface area contributed by atoms with Gasteiger partial charge in [-0.3, -0.25) is 14.6 Å². The first-order valence-corrected chi connectivity index (χ1v) is 18.7. The van der Waals surface area contributed by atoms with E-state index in [4.69, 9.17) is 31.4 Å². The summed E-state index contributed by atoms with van der Waals surface area (Å²) in [7, 11) is 2.88. The van der Waals surface area contributed by atoms with Crippen molar-refractivity contribution in [3.05, 3.63) is 98.5 Å². The molecule has 2 aromatic carbocycles. The average Bonchev–Trinajstić information content (AvgIpc) is 3.20. The highest BCUT2D eigenvalue weighted by atomic mass is 16.7. The Morgan fingerprint density at radius 1 is 1.09 bits per heavy atom. The maximum Gasteiger partial charge on any atom is 0.229 e. The molecule has 57 heavy (non-hydrogen) atoms. The van der Waals surface area contributed by atoms with Crippen LogP contribution in [0.15, 0.2) is 64.6 Å². The minimum absolute atomic E-state index is 0.0253. The fraction of sp³-hybridized carbons (Fsp3) is 0.425. The van der Waals surface area contributed by atoms with Gasteiger partial charge in [0.25, 0.3) is 0 Å². The number of carbonyl (C=O) groups is 2. The number of methoxy groups -OCH3 is 1. The fourth-order valence-electron chi connectivity index (χ4n) is 7.71. The molecule has 1 saturated heterocycles. The number of hydrogen-bond acceptors (Lipinski definition) is 15. The Labute approximate surface area is 329 Å². The van der Waals surface area contributed by atoms with E-state index in [2.05, 4.69) is 20.9 Å². The van der Waals surface area contributed by atoms with Crippen molar-refractivity contribution in [2.24, 2.45) is 22.2 Å². The van der Waals surface area contributed by atoms with Gasteiger partial charge in [0.05, 0.1) is 36.8 Å². The van der Waals surface area contributed by atoms with Crippen LogP contribution in [-0.4, -0.2) is 107 Å². The zero-order valence-electron chi connectivity index (χ0n) is 32.0. The third kappa shape index (κ3) is 7.94. The van der Waals surface area contributed by atoms with Crippen LogP contribution in [0.5, 0.6) is 17.2 Å². The molecule has 14 N–H and O–H groups in total. The summed E-state index contributed by atoms with van der Waals surface area (Å²) in [6, 6.07) is 2.96. The number of phenols is 1. The first-order valence-electron chi connectivity index (χ1n) is 18.7. The SMILES string of the molecule is CCc1c(OC)cc(O[C@@H]2O[C@H](CO)[C@](O)(CCC3=CCNC(N)=C3)[C@H](O)[C@H]2O)c2c1C(=O)c1cc(CCC3=CNC(N)C=C3)c(CNC(N)=NC)c(O)c1C2=O. The molecule has 6 atom stereocenters. The van der Waals surface area contributed by atoms with E-state index in [1.807, 2.05) is 18.2 Å². The van der Waals surface area contributed by atoms with Crippen molar-refractivity contribution in [3.63, 3.8) is 0 Å². The van der Waals surface area contributed by atoms with Crippen molar-refractivity contribution in [3.8, 4) is 17.2 Å². The number of dihydropyridines is 2. The molecular weight excluding hydrogens is 738 g/mol. The van der Waals surface area contributed by atoms with Crippen LogP contribution in [-0.2, 0) is 24.1 Å². The Kier molecular flexibility index (Phi) is 12.3. The number of fused-ring (bicyclic) bond motifs is 2. The van der Waals surface area contributed by atoms with Crippen LogP contribution in [0.4, 0.5) is 0 Å². The number of nitrogens with zero attached hydrogens (tertiary/aromatic N) is 1. The minimum Gasteiger partial charge on any atom is -0.507 e. The lowest BCUT2D eigenvalue weighted by molar-refractivity contribution is -0.314. The van der Waals surface area contributed by atoms with Crippen molar-refractivity contribution < 1.29 is 49.3 Å². The van der Waals surface area contributed by atoms with Crippen molar-refractivity contribution >= 4 is 17.5 Å². The molecule has 0 radical (unpaired) electrons. The first kappa shape index (κ1) is 41.2. The monoisotopic (exact) mass is 789 g/mol. The standard InChI is InChI=1S/C40H51N7O10/c1-4-22-25(55-3)15-26(56-38-36(52)37(53)40(54,27(18-48)57-38)11-9-19-10-12-45-29(42)13-19)32-30(22)33(49)23-14-21(7-5-20-6-8-28(41)46-16-20)24(17-47-39(43)44-2)34(50)31(23)35(32)51/h6,8,10,13-16,27-28,36-38,45-46,48,50,52-54H,4-5,7,9,11-12,17-18,41-42H2,1-3H3,(H3,43,44,47)/t27-,28?,36-,37-,38-,40-/m1/s1. The number of ketones is 2. The molecule has 0 aromatic heterocycles. The quantitative estimate of drug-likeness (QED) is 0.0782. The number of aliphatic imine (C=N–C) groups is 1. The predicted octanol–water partition coefficient (Wildman–Crippen LogP) is -0.308. The number of hydrogen-bond donors (Lipinski definition) is 11. The van der Waals surface area contributed by atoms with Crippen molar-refractivity contribution in [2.75, 3.05) is 27.3 Å². The van der Waals surface area contributed by atoms with Crippen LogP contribution in [0.25, 0.3) is 0 Å². The lowest BCUT2D eigenvalue weighted by atomic mass is 9.77. The number of aryl methyl sites for hydroxylation is 1. The third-order valence-corrected chi connectivity index (χ3v) is 10.9. The lowest BCUT2D eigenvalue weighted by Crippen LogP contribution is -2.67. The number of ether oxygens (including phenoxy) is 3. The normalized spacial score (nSPS) is 25.6.